The molecule has 0 aliphatic carbocycles. The molecule has 0 unspecified atom stereocenters. The minimum absolute atomic E-state index is 0.00509. The van der Waals surface area contributed by atoms with Gasteiger partial charge in [0.2, 0.25) is 5.82 Å². The number of nitrogens with one attached hydrogen (secondary N) is 1. The molecule has 3 N–H and O–H groups in total. The van der Waals surface area contributed by atoms with E-state index in [1.54, 1.807) is 0 Å². The monoisotopic (exact) mass is 236 g/mol. The van der Waals surface area contributed by atoms with Crippen molar-refractivity contribution < 1.29 is 18.0 Å². The molecule has 1 aromatic rings. The maximum atomic E-state index is 11.9. The number of nitrogens with zero attached hydrogens (tertiary/aromatic N) is 2. The van der Waals surface area contributed by atoms with Crippen LogP contribution in [0.1, 0.15) is 19.7 Å². The normalized spacial score (nSPS) is 10.1. The summed E-state index contributed by atoms with van der Waals surface area (Å²) < 4.78 is 35.8. The second kappa shape index (κ2) is 5.89. The fraction of sp³-hybridized carbons (Fsp3) is 0.375. The van der Waals surface area contributed by atoms with E-state index in [1.165, 1.54) is 0 Å². The second-order valence-corrected chi connectivity index (χ2v) is 2.28. The number of urea groups is 1. The van der Waals surface area contributed by atoms with Crippen molar-refractivity contribution in [3.63, 3.8) is 0 Å². The van der Waals surface area contributed by atoms with Crippen LogP contribution in [0.25, 0.3) is 0 Å². The van der Waals surface area contributed by atoms with Gasteiger partial charge in [-0.1, -0.05) is 13.8 Å². The molecule has 0 fully saturated rings. The minimum Gasteiger partial charge on any atom is -0.351 e. The van der Waals surface area contributed by atoms with Gasteiger partial charge in [0.05, 0.1) is 18.1 Å². The molecular formula is C8H11F3N4O. The first kappa shape index (κ1) is 14.1. The SMILES string of the molecule is CC.NC(=O)Nc1cnc(C(F)(F)F)nc1. The molecule has 0 saturated carbocycles. The molecule has 1 heterocycles. The van der Waals surface area contributed by atoms with E-state index in [0.29, 0.717) is 0 Å². The molecule has 0 spiro atoms. The average Bonchev–Trinajstić information content (AvgIpc) is 2.19. The van der Waals surface area contributed by atoms with Crippen LogP contribution in [-0.2, 0) is 6.18 Å². The Hall–Kier alpha value is -1.86. The van der Waals surface area contributed by atoms with E-state index in [-0.39, 0.29) is 5.69 Å². The summed E-state index contributed by atoms with van der Waals surface area (Å²) in [6.07, 6.45) is -2.95. The van der Waals surface area contributed by atoms with Crippen molar-refractivity contribution in [2.75, 3.05) is 5.32 Å². The fourth-order valence-corrected chi connectivity index (χ4v) is 0.681. The molecule has 0 radical (unpaired) electrons. The molecular weight excluding hydrogens is 225 g/mol. The molecule has 0 saturated heterocycles. The van der Waals surface area contributed by atoms with E-state index >= 15 is 0 Å². The van der Waals surface area contributed by atoms with E-state index in [1.807, 2.05) is 19.2 Å². The first-order valence-electron chi connectivity index (χ1n) is 4.35. The Kier molecular flexibility index (Phi) is 5.20. The van der Waals surface area contributed by atoms with E-state index < -0.39 is 18.0 Å². The molecule has 2 amide bonds. The Morgan fingerprint density at radius 1 is 1.31 bits per heavy atom. The van der Waals surface area contributed by atoms with Gasteiger partial charge in [0.15, 0.2) is 0 Å². The number of alkyl halides is 3. The third-order valence-corrected chi connectivity index (χ3v) is 1.17. The van der Waals surface area contributed by atoms with Crippen LogP contribution in [0, 0.1) is 0 Å². The molecule has 5 nitrogen and oxygen atoms in total. The van der Waals surface area contributed by atoms with Crippen molar-refractivity contribution in [3.05, 3.63) is 18.2 Å². The third kappa shape index (κ3) is 4.58. The number of aromatic nitrogens is 2. The quantitative estimate of drug-likeness (QED) is 0.782. The van der Waals surface area contributed by atoms with E-state index in [0.717, 1.165) is 12.4 Å². The van der Waals surface area contributed by atoms with Gasteiger partial charge in [0.25, 0.3) is 0 Å². The second-order valence-electron chi connectivity index (χ2n) is 2.28. The summed E-state index contributed by atoms with van der Waals surface area (Å²) in [5.41, 5.74) is 4.73. The standard InChI is InChI=1S/C6H5F3N4O.C2H6/c7-6(8,9)4-11-1-3(2-12-4)13-5(10)14;1-2/h1-2H,(H3,10,13,14);1-2H3. The van der Waals surface area contributed by atoms with Gasteiger partial charge in [-0.2, -0.15) is 13.2 Å². The highest BCUT2D eigenvalue weighted by atomic mass is 19.4. The number of halogens is 3. The van der Waals surface area contributed by atoms with Crippen LogP contribution in [0.3, 0.4) is 0 Å². The smallest absolute Gasteiger partial charge is 0.351 e. The molecule has 0 aliphatic heterocycles. The number of carbonyl (C=O) groups excluding carboxylic acids is 1. The summed E-state index contributed by atoms with van der Waals surface area (Å²) in [6.45, 7) is 4.00. The predicted octanol–water partition coefficient (Wildman–Crippen LogP) is 2.01. The fourth-order valence-electron chi connectivity index (χ4n) is 0.681. The number of hydrogen-bond acceptors (Lipinski definition) is 3. The van der Waals surface area contributed by atoms with Crippen LogP contribution in [0.2, 0.25) is 0 Å². The van der Waals surface area contributed by atoms with Gasteiger partial charge in [-0.15, -0.1) is 0 Å². The van der Waals surface area contributed by atoms with Crippen LogP contribution < -0.4 is 11.1 Å². The van der Waals surface area contributed by atoms with Gasteiger partial charge >= 0.3 is 12.2 Å². The topological polar surface area (TPSA) is 80.9 Å². The Balaban J connectivity index is 0.00000106. The van der Waals surface area contributed by atoms with Gasteiger partial charge in [0.1, 0.15) is 0 Å². The maximum absolute atomic E-state index is 11.9. The van der Waals surface area contributed by atoms with E-state index in [9.17, 15) is 18.0 Å². The predicted molar refractivity (Wildman–Crippen MR) is 51.6 cm³/mol. The number of primary amides is 1. The zero-order chi connectivity index (χ0) is 12.8. The van der Waals surface area contributed by atoms with Crippen molar-refractivity contribution in [2.45, 2.75) is 20.0 Å². The summed E-state index contributed by atoms with van der Waals surface area (Å²) in [4.78, 5) is 16.3. The maximum Gasteiger partial charge on any atom is 0.451 e. The Bertz CT molecular complexity index is 336. The Morgan fingerprint density at radius 2 is 1.75 bits per heavy atom. The van der Waals surface area contributed by atoms with Gasteiger partial charge < -0.3 is 11.1 Å². The van der Waals surface area contributed by atoms with Gasteiger partial charge in [0, 0.05) is 0 Å². The summed E-state index contributed by atoms with van der Waals surface area (Å²) >= 11 is 0. The lowest BCUT2D eigenvalue weighted by molar-refractivity contribution is -0.144. The van der Waals surface area contributed by atoms with Gasteiger partial charge in [-0.25, -0.2) is 14.8 Å². The Morgan fingerprint density at radius 3 is 2.06 bits per heavy atom. The molecule has 16 heavy (non-hydrogen) atoms. The molecule has 8 heteroatoms. The Labute approximate surface area is 89.9 Å². The largest absolute Gasteiger partial charge is 0.451 e. The number of carbonyl (C=O) groups is 1. The van der Waals surface area contributed by atoms with Crippen molar-refractivity contribution >= 4 is 11.7 Å². The number of hydrogen-bond donors (Lipinski definition) is 2. The number of rotatable bonds is 1. The van der Waals surface area contributed by atoms with Crippen molar-refractivity contribution in [1.82, 2.24) is 9.97 Å². The number of amides is 2. The van der Waals surface area contributed by atoms with E-state index in [4.69, 9.17) is 5.73 Å². The highest BCUT2D eigenvalue weighted by Gasteiger charge is 2.34. The van der Waals surface area contributed by atoms with E-state index in [2.05, 4.69) is 9.97 Å². The zero-order valence-corrected chi connectivity index (χ0v) is 8.67. The minimum atomic E-state index is -4.59. The van der Waals surface area contributed by atoms with Crippen molar-refractivity contribution in [2.24, 2.45) is 5.73 Å². The van der Waals surface area contributed by atoms with Crippen LogP contribution in [0.4, 0.5) is 23.7 Å². The van der Waals surface area contributed by atoms with Gasteiger partial charge in [-0.3, -0.25) is 0 Å². The van der Waals surface area contributed by atoms with Crippen LogP contribution in [0.5, 0.6) is 0 Å². The highest BCUT2D eigenvalue weighted by molar-refractivity contribution is 5.87. The summed E-state index contributed by atoms with van der Waals surface area (Å²) in [7, 11) is 0. The molecule has 1 rings (SSSR count). The lowest BCUT2D eigenvalue weighted by Gasteiger charge is -2.04. The summed E-state index contributed by atoms with van der Waals surface area (Å²) in [6, 6.07) is -0.895. The first-order valence-corrected chi connectivity index (χ1v) is 4.35. The zero-order valence-electron chi connectivity index (χ0n) is 8.67. The highest BCUT2D eigenvalue weighted by Crippen LogP contribution is 2.25. The van der Waals surface area contributed by atoms with Crippen molar-refractivity contribution in [3.8, 4) is 0 Å². The lowest BCUT2D eigenvalue weighted by atomic mass is 10.5. The summed E-state index contributed by atoms with van der Waals surface area (Å²) in [5.74, 6) is -1.27. The molecule has 0 aliphatic rings. The number of nitrogens with two attached hydrogens (primary N) is 1. The van der Waals surface area contributed by atoms with Gasteiger partial charge in [-0.05, 0) is 0 Å². The molecule has 90 valence electrons. The summed E-state index contributed by atoms with van der Waals surface area (Å²) in [5, 5.41) is 2.03. The molecule has 1 aromatic heterocycles. The number of anilines is 1. The average molecular weight is 236 g/mol. The third-order valence-electron chi connectivity index (χ3n) is 1.17. The van der Waals surface area contributed by atoms with Crippen LogP contribution in [0.15, 0.2) is 12.4 Å². The molecule has 0 aromatic carbocycles. The molecule has 0 bridgehead atoms. The van der Waals surface area contributed by atoms with Crippen LogP contribution in [-0.4, -0.2) is 16.0 Å². The first-order chi connectivity index (χ1) is 7.39. The lowest BCUT2D eigenvalue weighted by Crippen LogP contribution is -2.20. The molecule has 0 atom stereocenters. The van der Waals surface area contributed by atoms with Crippen molar-refractivity contribution in [1.29, 1.82) is 0 Å². The van der Waals surface area contributed by atoms with Crippen LogP contribution >= 0.6 is 0 Å².